The molecule has 3 rings (SSSR count). The number of carbonyl (C=O) groups excluding carboxylic acids is 2. The molecule has 0 aliphatic carbocycles. The van der Waals surface area contributed by atoms with Gasteiger partial charge in [0.15, 0.2) is 5.11 Å². The number of anilines is 2. The summed E-state index contributed by atoms with van der Waals surface area (Å²) in [5.74, 6) is -0.146. The average molecular weight is 423 g/mol. The molecule has 9 heteroatoms. The molecule has 0 atom stereocenters. The van der Waals surface area contributed by atoms with Gasteiger partial charge in [-0.3, -0.25) is 9.59 Å². The molecule has 6 nitrogen and oxygen atoms in total. The predicted octanol–water partition coefficient (Wildman–Crippen LogP) is 3.20. The van der Waals surface area contributed by atoms with Gasteiger partial charge in [0.1, 0.15) is 0 Å². The maximum atomic E-state index is 12.4. The van der Waals surface area contributed by atoms with Crippen LogP contribution < -0.4 is 15.5 Å². The summed E-state index contributed by atoms with van der Waals surface area (Å²) in [6.45, 7) is 4.13. The van der Waals surface area contributed by atoms with Gasteiger partial charge in [0, 0.05) is 38.8 Å². The van der Waals surface area contributed by atoms with E-state index in [1.54, 1.807) is 6.07 Å². The molecular weight excluding hydrogens is 404 g/mol. The second kappa shape index (κ2) is 8.69. The Balaban J connectivity index is 1.60. The first-order chi connectivity index (χ1) is 12.9. The number of piperazine rings is 1. The molecule has 142 valence electrons. The van der Waals surface area contributed by atoms with Crippen molar-refractivity contribution in [3.8, 4) is 0 Å². The predicted molar refractivity (Wildman–Crippen MR) is 114 cm³/mol. The maximum Gasteiger partial charge on any atom is 0.264 e. The van der Waals surface area contributed by atoms with Crippen molar-refractivity contribution in [1.29, 1.82) is 0 Å². The second-order valence-corrected chi connectivity index (χ2v) is 7.82. The SMILES string of the molecule is CC(=O)NC(=S)Nc1ccc(N2CCN(C(=O)c3cccs3)CC2)c(Cl)c1. The number of thiophene rings is 1. The van der Waals surface area contributed by atoms with Crippen molar-refractivity contribution in [2.75, 3.05) is 36.4 Å². The molecule has 2 heterocycles. The molecule has 1 aromatic heterocycles. The average Bonchev–Trinajstić information content (AvgIpc) is 3.15. The number of amides is 2. The van der Waals surface area contributed by atoms with Crippen LogP contribution in [-0.4, -0.2) is 48.0 Å². The van der Waals surface area contributed by atoms with E-state index >= 15 is 0 Å². The number of benzene rings is 1. The van der Waals surface area contributed by atoms with Crippen molar-refractivity contribution >= 4 is 63.5 Å². The fourth-order valence-corrected chi connectivity index (χ4v) is 4.12. The number of halogens is 1. The molecule has 2 N–H and O–H groups in total. The summed E-state index contributed by atoms with van der Waals surface area (Å²) in [6.07, 6.45) is 0. The largest absolute Gasteiger partial charge is 0.367 e. The molecule has 0 spiro atoms. The third-order valence-electron chi connectivity index (χ3n) is 4.13. The first-order valence-corrected chi connectivity index (χ1v) is 10.1. The van der Waals surface area contributed by atoms with Crippen LogP contribution in [0, 0.1) is 0 Å². The zero-order valence-corrected chi connectivity index (χ0v) is 17.1. The second-order valence-electron chi connectivity index (χ2n) is 6.06. The van der Waals surface area contributed by atoms with E-state index in [0.717, 1.165) is 10.6 Å². The van der Waals surface area contributed by atoms with Crippen LogP contribution >= 0.6 is 35.2 Å². The summed E-state index contributed by atoms with van der Waals surface area (Å²) < 4.78 is 0. The smallest absolute Gasteiger partial charge is 0.264 e. The number of rotatable bonds is 3. The summed E-state index contributed by atoms with van der Waals surface area (Å²) in [4.78, 5) is 28.3. The molecule has 1 aliphatic heterocycles. The number of thiocarbonyl (C=S) groups is 1. The van der Waals surface area contributed by atoms with Crippen molar-refractivity contribution in [1.82, 2.24) is 10.2 Å². The number of hydrogen-bond donors (Lipinski definition) is 2. The fraction of sp³-hybridized carbons (Fsp3) is 0.278. The van der Waals surface area contributed by atoms with Crippen molar-refractivity contribution in [3.05, 3.63) is 45.6 Å². The highest BCUT2D eigenvalue weighted by Crippen LogP contribution is 2.30. The van der Waals surface area contributed by atoms with Crippen molar-refractivity contribution < 1.29 is 9.59 Å². The standard InChI is InChI=1S/C18H19ClN4O2S2/c1-12(24)20-18(26)21-13-4-5-15(14(19)11-13)22-6-8-23(9-7-22)17(25)16-3-2-10-27-16/h2-5,10-11H,6-9H2,1H3,(H2,20,21,24,26). The Labute approximate surface area is 172 Å². The van der Waals surface area contributed by atoms with Gasteiger partial charge in [-0.15, -0.1) is 11.3 Å². The lowest BCUT2D eigenvalue weighted by molar-refractivity contribution is -0.117. The Hall–Kier alpha value is -2.16. The lowest BCUT2D eigenvalue weighted by Crippen LogP contribution is -2.48. The zero-order valence-electron chi connectivity index (χ0n) is 14.7. The minimum absolute atomic E-state index is 0.0850. The highest BCUT2D eigenvalue weighted by molar-refractivity contribution is 7.80. The van der Waals surface area contributed by atoms with E-state index in [-0.39, 0.29) is 16.9 Å². The van der Waals surface area contributed by atoms with E-state index in [2.05, 4.69) is 15.5 Å². The van der Waals surface area contributed by atoms with Crippen LogP contribution in [0.4, 0.5) is 11.4 Å². The normalized spacial score (nSPS) is 14.0. The van der Waals surface area contributed by atoms with E-state index in [1.807, 2.05) is 34.5 Å². The third-order valence-corrected chi connectivity index (χ3v) is 5.50. The van der Waals surface area contributed by atoms with E-state index in [4.69, 9.17) is 23.8 Å². The zero-order chi connectivity index (χ0) is 19.4. The van der Waals surface area contributed by atoms with Crippen LogP contribution in [0.1, 0.15) is 16.6 Å². The van der Waals surface area contributed by atoms with Gasteiger partial charge in [-0.25, -0.2) is 0 Å². The molecular formula is C18H19ClN4O2S2. The van der Waals surface area contributed by atoms with E-state index < -0.39 is 0 Å². The summed E-state index contributed by atoms with van der Waals surface area (Å²) in [5, 5.41) is 8.16. The first-order valence-electron chi connectivity index (χ1n) is 8.40. The van der Waals surface area contributed by atoms with Crippen molar-refractivity contribution in [2.45, 2.75) is 6.92 Å². The molecule has 0 unspecified atom stereocenters. The van der Waals surface area contributed by atoms with Gasteiger partial charge in [-0.2, -0.15) is 0 Å². The van der Waals surface area contributed by atoms with Gasteiger partial charge >= 0.3 is 0 Å². The molecule has 1 aliphatic rings. The van der Waals surface area contributed by atoms with Gasteiger partial charge in [0.05, 0.1) is 15.6 Å². The van der Waals surface area contributed by atoms with Crippen LogP contribution in [0.2, 0.25) is 5.02 Å². The topological polar surface area (TPSA) is 64.7 Å². The van der Waals surface area contributed by atoms with Gasteiger partial charge in [-0.05, 0) is 41.9 Å². The fourth-order valence-electron chi connectivity index (χ4n) is 2.87. The highest BCUT2D eigenvalue weighted by atomic mass is 35.5. The van der Waals surface area contributed by atoms with Crippen LogP contribution in [0.3, 0.4) is 0 Å². The molecule has 27 heavy (non-hydrogen) atoms. The Kier molecular flexibility index (Phi) is 6.30. The number of nitrogens with one attached hydrogen (secondary N) is 2. The van der Waals surface area contributed by atoms with Gasteiger partial charge in [0.25, 0.3) is 5.91 Å². The molecule has 2 amide bonds. The van der Waals surface area contributed by atoms with Crippen molar-refractivity contribution in [3.63, 3.8) is 0 Å². The molecule has 0 bridgehead atoms. The minimum atomic E-state index is -0.231. The van der Waals surface area contributed by atoms with Crippen LogP contribution in [0.25, 0.3) is 0 Å². The molecule has 1 saturated heterocycles. The number of carbonyl (C=O) groups is 2. The first kappa shape index (κ1) is 19.6. The Morgan fingerprint density at radius 3 is 2.52 bits per heavy atom. The Morgan fingerprint density at radius 1 is 1.19 bits per heavy atom. The molecule has 0 radical (unpaired) electrons. The van der Waals surface area contributed by atoms with Gasteiger partial charge in [0.2, 0.25) is 5.91 Å². The van der Waals surface area contributed by atoms with Crippen LogP contribution in [0.5, 0.6) is 0 Å². The van der Waals surface area contributed by atoms with Crippen LogP contribution in [-0.2, 0) is 4.79 Å². The lowest BCUT2D eigenvalue weighted by Gasteiger charge is -2.36. The Morgan fingerprint density at radius 2 is 1.93 bits per heavy atom. The Bertz CT molecular complexity index is 849. The summed E-state index contributed by atoms with van der Waals surface area (Å²) in [6, 6.07) is 9.29. The van der Waals surface area contributed by atoms with E-state index in [1.165, 1.54) is 18.3 Å². The van der Waals surface area contributed by atoms with Crippen LogP contribution in [0.15, 0.2) is 35.7 Å². The third kappa shape index (κ3) is 4.97. The molecule has 1 aromatic carbocycles. The lowest BCUT2D eigenvalue weighted by atomic mass is 10.2. The van der Waals surface area contributed by atoms with E-state index in [0.29, 0.717) is 36.9 Å². The molecule has 2 aromatic rings. The summed E-state index contributed by atoms with van der Waals surface area (Å²) in [7, 11) is 0. The van der Waals surface area contributed by atoms with Gasteiger partial charge < -0.3 is 20.4 Å². The summed E-state index contributed by atoms with van der Waals surface area (Å²) in [5.41, 5.74) is 1.62. The maximum absolute atomic E-state index is 12.4. The number of nitrogens with zero attached hydrogens (tertiary/aromatic N) is 2. The highest BCUT2D eigenvalue weighted by Gasteiger charge is 2.23. The van der Waals surface area contributed by atoms with Gasteiger partial charge in [-0.1, -0.05) is 17.7 Å². The molecule has 0 saturated carbocycles. The monoisotopic (exact) mass is 422 g/mol. The molecule has 1 fully saturated rings. The quantitative estimate of drug-likeness (QED) is 0.743. The number of hydrogen-bond acceptors (Lipinski definition) is 5. The summed E-state index contributed by atoms with van der Waals surface area (Å²) >= 11 is 13.0. The van der Waals surface area contributed by atoms with Crippen molar-refractivity contribution in [2.24, 2.45) is 0 Å². The van der Waals surface area contributed by atoms with E-state index in [9.17, 15) is 9.59 Å². The minimum Gasteiger partial charge on any atom is -0.367 e.